The Morgan fingerprint density at radius 3 is 2.17 bits per heavy atom. The van der Waals surface area contributed by atoms with E-state index in [4.69, 9.17) is 11.6 Å². The summed E-state index contributed by atoms with van der Waals surface area (Å²) in [4.78, 5) is 11.8. The molecule has 0 unspecified atom stereocenters. The first-order valence-corrected chi connectivity index (χ1v) is 8.60. The van der Waals surface area contributed by atoms with E-state index in [0.717, 1.165) is 0 Å². The number of sulfonamides is 1. The van der Waals surface area contributed by atoms with Crippen LogP contribution in [0, 0.1) is 0 Å². The number of amides is 1. The smallest absolute Gasteiger partial charge is 0.335 e. The Kier molecular flexibility index (Phi) is 5.22. The second kappa shape index (κ2) is 6.66. The maximum Gasteiger partial charge on any atom is 0.471 e. The largest absolute Gasteiger partial charge is 0.471 e. The zero-order valence-corrected chi connectivity index (χ0v) is 13.4. The van der Waals surface area contributed by atoms with E-state index in [0.29, 0.717) is 9.92 Å². The van der Waals surface area contributed by atoms with Gasteiger partial charge in [-0.3, -0.25) is 4.79 Å². The van der Waals surface area contributed by atoms with Gasteiger partial charge in [-0.05, 0) is 37.1 Å². The van der Waals surface area contributed by atoms with Crippen LogP contribution in [0.3, 0.4) is 0 Å². The van der Waals surface area contributed by atoms with E-state index in [2.05, 4.69) is 4.72 Å². The van der Waals surface area contributed by atoms with Crippen molar-refractivity contribution in [1.29, 1.82) is 0 Å². The lowest BCUT2D eigenvalue weighted by molar-refractivity contribution is -0.186. The highest BCUT2D eigenvalue weighted by molar-refractivity contribution is 7.89. The number of rotatable bonds is 3. The molecule has 1 fully saturated rings. The highest BCUT2D eigenvalue weighted by Crippen LogP contribution is 2.22. The number of carbonyl (C=O) groups is 1. The summed E-state index contributed by atoms with van der Waals surface area (Å²) in [5.41, 5.74) is 0. The van der Waals surface area contributed by atoms with E-state index in [-0.39, 0.29) is 30.8 Å². The van der Waals surface area contributed by atoms with Gasteiger partial charge >= 0.3 is 12.1 Å². The molecule has 0 aliphatic carbocycles. The van der Waals surface area contributed by atoms with Crippen molar-refractivity contribution in [1.82, 2.24) is 9.62 Å². The molecule has 1 aliphatic rings. The van der Waals surface area contributed by atoms with Gasteiger partial charge in [-0.1, -0.05) is 11.6 Å². The van der Waals surface area contributed by atoms with Crippen LogP contribution >= 0.6 is 11.6 Å². The Morgan fingerprint density at radius 1 is 1.17 bits per heavy atom. The summed E-state index contributed by atoms with van der Waals surface area (Å²) in [5.74, 6) is -1.89. The van der Waals surface area contributed by atoms with Crippen molar-refractivity contribution < 1.29 is 26.4 Å². The Balaban J connectivity index is 1.96. The summed E-state index contributed by atoms with van der Waals surface area (Å²) in [6.07, 6.45) is -4.67. The van der Waals surface area contributed by atoms with E-state index < -0.39 is 28.1 Å². The van der Waals surface area contributed by atoms with E-state index in [1.54, 1.807) is 0 Å². The Bertz CT molecular complexity index is 669. The van der Waals surface area contributed by atoms with Gasteiger partial charge in [0.2, 0.25) is 10.0 Å². The fraction of sp³-hybridized carbons (Fsp3) is 0.462. The number of halogens is 4. The standard InChI is InChI=1S/C13H14ClF3N2O3S/c14-9-1-3-11(4-2-9)23(21,22)18-10-5-7-19(8-6-10)12(20)13(15,16)17/h1-4,10,18H,5-8H2. The van der Waals surface area contributed by atoms with Crippen LogP contribution in [0.15, 0.2) is 29.2 Å². The molecule has 10 heteroatoms. The number of hydrogen-bond acceptors (Lipinski definition) is 3. The minimum Gasteiger partial charge on any atom is -0.335 e. The minimum absolute atomic E-state index is 0.0238. The van der Waals surface area contributed by atoms with Crippen LogP contribution in [0.1, 0.15) is 12.8 Å². The van der Waals surface area contributed by atoms with Crippen LogP contribution in [0.4, 0.5) is 13.2 Å². The second-order valence-electron chi connectivity index (χ2n) is 5.14. The van der Waals surface area contributed by atoms with Crippen LogP contribution in [0.2, 0.25) is 5.02 Å². The van der Waals surface area contributed by atoms with Crippen molar-refractivity contribution in [2.24, 2.45) is 0 Å². The molecule has 0 bridgehead atoms. The third-order valence-electron chi connectivity index (χ3n) is 3.47. The van der Waals surface area contributed by atoms with Gasteiger partial charge in [0, 0.05) is 24.2 Å². The van der Waals surface area contributed by atoms with E-state index in [9.17, 15) is 26.4 Å². The first-order valence-electron chi connectivity index (χ1n) is 6.73. The molecule has 0 saturated carbocycles. The van der Waals surface area contributed by atoms with Crippen LogP contribution in [0.5, 0.6) is 0 Å². The van der Waals surface area contributed by atoms with E-state index in [1.807, 2.05) is 0 Å². The topological polar surface area (TPSA) is 66.5 Å². The third-order valence-corrected chi connectivity index (χ3v) is 5.26. The van der Waals surface area contributed by atoms with Crippen LogP contribution in [-0.2, 0) is 14.8 Å². The van der Waals surface area contributed by atoms with Crippen molar-refractivity contribution in [3.05, 3.63) is 29.3 Å². The highest BCUT2D eigenvalue weighted by Gasteiger charge is 2.43. The zero-order valence-electron chi connectivity index (χ0n) is 11.8. The lowest BCUT2D eigenvalue weighted by Crippen LogP contribution is -2.49. The van der Waals surface area contributed by atoms with Crippen LogP contribution in [-0.4, -0.2) is 44.5 Å². The van der Waals surface area contributed by atoms with Crippen LogP contribution in [0.25, 0.3) is 0 Å². The summed E-state index contributed by atoms with van der Waals surface area (Å²) in [6.45, 7) is -0.293. The number of alkyl halides is 3. The van der Waals surface area contributed by atoms with Gasteiger partial charge < -0.3 is 4.90 Å². The van der Waals surface area contributed by atoms with Gasteiger partial charge in [0.25, 0.3) is 0 Å². The lowest BCUT2D eigenvalue weighted by atomic mass is 10.1. The second-order valence-corrected chi connectivity index (χ2v) is 7.29. The normalized spacial score (nSPS) is 17.3. The number of piperidine rings is 1. The molecular formula is C13H14ClF3N2O3S. The summed E-state index contributed by atoms with van der Waals surface area (Å²) in [5, 5.41) is 0.392. The molecular weight excluding hydrogens is 357 g/mol. The number of benzene rings is 1. The number of likely N-dealkylation sites (tertiary alicyclic amines) is 1. The molecule has 128 valence electrons. The van der Waals surface area contributed by atoms with E-state index >= 15 is 0 Å². The molecule has 0 aromatic heterocycles. The van der Waals surface area contributed by atoms with Gasteiger partial charge in [-0.25, -0.2) is 13.1 Å². The third kappa shape index (κ3) is 4.58. The predicted octanol–water partition coefficient (Wildman–Crippen LogP) is 2.17. The average Bonchev–Trinajstić information content (AvgIpc) is 2.46. The molecule has 0 radical (unpaired) electrons. The van der Waals surface area contributed by atoms with Gasteiger partial charge in [0.15, 0.2) is 0 Å². The molecule has 1 saturated heterocycles. The fourth-order valence-corrected chi connectivity index (χ4v) is 3.71. The number of carbonyl (C=O) groups excluding carboxylic acids is 1. The first-order chi connectivity index (χ1) is 10.6. The molecule has 1 aromatic rings. The summed E-state index contributed by atoms with van der Waals surface area (Å²) >= 11 is 5.69. The predicted molar refractivity (Wildman–Crippen MR) is 77.4 cm³/mol. The minimum atomic E-state index is -4.91. The monoisotopic (exact) mass is 370 g/mol. The van der Waals surface area contributed by atoms with Gasteiger partial charge in [-0.15, -0.1) is 0 Å². The summed E-state index contributed by atoms with van der Waals surface area (Å²) < 4.78 is 63.8. The number of nitrogens with one attached hydrogen (secondary N) is 1. The van der Waals surface area contributed by atoms with Crippen LogP contribution < -0.4 is 4.72 Å². The Labute approximate surface area is 136 Å². The molecule has 5 nitrogen and oxygen atoms in total. The molecule has 1 N–H and O–H groups in total. The van der Waals surface area contributed by atoms with Crippen molar-refractivity contribution in [2.45, 2.75) is 30.0 Å². The SMILES string of the molecule is O=C(N1CCC(NS(=O)(=O)c2ccc(Cl)cc2)CC1)C(F)(F)F. The first kappa shape index (κ1) is 18.0. The van der Waals surface area contributed by atoms with E-state index in [1.165, 1.54) is 24.3 Å². The lowest BCUT2D eigenvalue weighted by Gasteiger charge is -2.32. The zero-order chi connectivity index (χ0) is 17.3. The maximum atomic E-state index is 12.3. The maximum absolute atomic E-state index is 12.3. The average molecular weight is 371 g/mol. The highest BCUT2D eigenvalue weighted by atomic mass is 35.5. The number of nitrogens with zero attached hydrogens (tertiary/aromatic N) is 1. The molecule has 1 heterocycles. The summed E-state index contributed by atoms with van der Waals surface area (Å²) in [6, 6.07) is 5.02. The molecule has 0 atom stereocenters. The van der Waals surface area contributed by atoms with Crippen molar-refractivity contribution >= 4 is 27.5 Å². The van der Waals surface area contributed by atoms with Crippen molar-refractivity contribution in [3.63, 3.8) is 0 Å². The van der Waals surface area contributed by atoms with Crippen molar-refractivity contribution in [3.8, 4) is 0 Å². The van der Waals surface area contributed by atoms with Gasteiger partial charge in [0.05, 0.1) is 4.90 Å². The molecule has 1 aromatic carbocycles. The van der Waals surface area contributed by atoms with Gasteiger partial charge in [0.1, 0.15) is 0 Å². The number of hydrogen-bond donors (Lipinski definition) is 1. The summed E-state index contributed by atoms with van der Waals surface area (Å²) in [7, 11) is -3.78. The fourth-order valence-electron chi connectivity index (χ4n) is 2.28. The molecule has 0 spiro atoms. The van der Waals surface area contributed by atoms with Gasteiger partial charge in [-0.2, -0.15) is 13.2 Å². The molecule has 1 aliphatic heterocycles. The Hall–Kier alpha value is -1.32. The molecule has 1 amide bonds. The van der Waals surface area contributed by atoms with Crippen molar-refractivity contribution in [2.75, 3.05) is 13.1 Å². The Morgan fingerprint density at radius 2 is 1.70 bits per heavy atom. The quantitative estimate of drug-likeness (QED) is 0.886. The molecule has 2 rings (SSSR count). The molecule has 23 heavy (non-hydrogen) atoms.